The van der Waals surface area contributed by atoms with E-state index >= 15 is 0 Å². The third-order valence-electron chi connectivity index (χ3n) is 7.10. The van der Waals surface area contributed by atoms with E-state index in [1.807, 2.05) is 0 Å². The molecule has 5 rings (SSSR count). The molecule has 3 fully saturated rings. The highest BCUT2D eigenvalue weighted by atomic mass is 32.2. The maximum absolute atomic E-state index is 13.3. The molecular formula is C21H27F2N3O5S. The molecule has 2 bridgehead atoms. The van der Waals surface area contributed by atoms with Crippen LogP contribution in [-0.2, 0) is 10.0 Å². The summed E-state index contributed by atoms with van der Waals surface area (Å²) in [5, 5.41) is 2.57. The normalized spacial score (nSPS) is 33.8. The van der Waals surface area contributed by atoms with E-state index in [0.717, 1.165) is 25.7 Å². The van der Waals surface area contributed by atoms with Gasteiger partial charge in [-0.05, 0) is 69.6 Å². The molecule has 0 unspecified atom stereocenters. The third kappa shape index (κ3) is 3.94. The van der Waals surface area contributed by atoms with Crippen LogP contribution in [0.5, 0.6) is 11.5 Å². The summed E-state index contributed by atoms with van der Waals surface area (Å²) in [5.41, 5.74) is 6.13. The molecule has 32 heavy (non-hydrogen) atoms. The van der Waals surface area contributed by atoms with Crippen molar-refractivity contribution in [3.63, 3.8) is 0 Å². The number of ether oxygens (including phenoxy) is 2. The Morgan fingerprint density at radius 2 is 1.66 bits per heavy atom. The summed E-state index contributed by atoms with van der Waals surface area (Å²) in [5.74, 6) is -0.712. The largest absolute Gasteiger partial charge is 0.586 e. The number of carbonyl (C=O) groups excluding carboxylic acids is 1. The smallest absolute Gasteiger partial charge is 0.395 e. The van der Waals surface area contributed by atoms with Crippen LogP contribution in [0.15, 0.2) is 18.2 Å². The molecule has 0 aromatic heterocycles. The number of hydrogen-bond acceptors (Lipinski definition) is 6. The molecule has 3 N–H and O–H groups in total. The van der Waals surface area contributed by atoms with E-state index in [4.69, 9.17) is 5.73 Å². The molecule has 1 aromatic rings. The van der Waals surface area contributed by atoms with Crippen molar-refractivity contribution in [2.24, 2.45) is 5.73 Å². The predicted molar refractivity (Wildman–Crippen MR) is 111 cm³/mol. The second-order valence-corrected chi connectivity index (χ2v) is 11.4. The Labute approximate surface area is 185 Å². The number of halogens is 2. The van der Waals surface area contributed by atoms with Gasteiger partial charge in [-0.1, -0.05) is 0 Å². The molecule has 0 radical (unpaired) electrons. The minimum Gasteiger partial charge on any atom is -0.395 e. The summed E-state index contributed by atoms with van der Waals surface area (Å²) in [4.78, 5) is 12.7. The Morgan fingerprint density at radius 3 is 2.31 bits per heavy atom. The minimum atomic E-state index is -3.74. The van der Waals surface area contributed by atoms with Crippen molar-refractivity contribution in [3.05, 3.63) is 23.8 Å². The van der Waals surface area contributed by atoms with Crippen LogP contribution < -0.4 is 20.5 Å². The Hall–Kier alpha value is -1.98. The Morgan fingerprint density at radius 1 is 1.03 bits per heavy atom. The maximum Gasteiger partial charge on any atom is 0.586 e. The lowest BCUT2D eigenvalue weighted by atomic mass is 9.96. The lowest BCUT2D eigenvalue weighted by Crippen LogP contribution is -2.55. The van der Waals surface area contributed by atoms with Crippen molar-refractivity contribution >= 4 is 15.9 Å². The standard InChI is InChI=1S/C21H27F2N3O5S/c22-21(23)30-18-8-1-12(9-19(18)31-21)20(27)25-14-10-15-4-5-16(11-14)26(15)32(28,29)17-6-2-13(24)3-7-17/h1,8-9,13-17H,2-7,10-11,24H2,(H,25,27)/t13-,14-,15+,16-,17-. The zero-order chi connectivity index (χ0) is 22.7. The maximum atomic E-state index is 13.3. The van der Waals surface area contributed by atoms with E-state index in [1.54, 1.807) is 4.31 Å². The fraction of sp³-hybridized carbons (Fsp3) is 0.667. The third-order valence-corrected chi connectivity index (χ3v) is 9.60. The van der Waals surface area contributed by atoms with Crippen LogP contribution in [0.1, 0.15) is 61.7 Å². The molecule has 11 heteroatoms. The summed E-state index contributed by atoms with van der Waals surface area (Å²) in [6, 6.07) is 3.55. The molecule has 3 atom stereocenters. The zero-order valence-corrected chi connectivity index (χ0v) is 18.3. The number of hydrogen-bond donors (Lipinski definition) is 2. The zero-order valence-electron chi connectivity index (χ0n) is 17.5. The average Bonchev–Trinajstić information content (AvgIpc) is 3.19. The van der Waals surface area contributed by atoms with Crippen molar-refractivity contribution < 1.29 is 31.5 Å². The first kappa shape index (κ1) is 21.8. The predicted octanol–water partition coefficient (Wildman–Crippen LogP) is 2.33. The first-order valence-corrected chi connectivity index (χ1v) is 12.6. The van der Waals surface area contributed by atoms with E-state index in [0.29, 0.717) is 25.7 Å². The highest BCUT2D eigenvalue weighted by Crippen LogP contribution is 2.42. The molecule has 1 aromatic carbocycles. The highest BCUT2D eigenvalue weighted by molar-refractivity contribution is 7.89. The van der Waals surface area contributed by atoms with Gasteiger partial charge in [0, 0.05) is 29.7 Å². The van der Waals surface area contributed by atoms with Gasteiger partial charge >= 0.3 is 6.29 Å². The number of sulfonamides is 1. The first-order chi connectivity index (χ1) is 15.1. The number of rotatable bonds is 4. The number of nitrogens with zero attached hydrogens (tertiary/aromatic N) is 1. The van der Waals surface area contributed by atoms with Gasteiger partial charge in [-0.3, -0.25) is 4.79 Å². The summed E-state index contributed by atoms with van der Waals surface area (Å²) < 4.78 is 63.6. The van der Waals surface area contributed by atoms with E-state index in [-0.39, 0.29) is 46.5 Å². The summed E-state index contributed by atoms with van der Waals surface area (Å²) >= 11 is 0. The number of nitrogens with two attached hydrogens (primary N) is 1. The fourth-order valence-electron chi connectivity index (χ4n) is 5.58. The topological polar surface area (TPSA) is 111 Å². The molecule has 1 saturated carbocycles. The van der Waals surface area contributed by atoms with Gasteiger partial charge in [0.2, 0.25) is 10.0 Å². The van der Waals surface area contributed by atoms with Gasteiger partial charge in [0.1, 0.15) is 0 Å². The summed E-state index contributed by atoms with van der Waals surface area (Å²) in [7, 11) is -3.40. The average molecular weight is 472 g/mol. The number of benzene rings is 1. The number of carbonyl (C=O) groups is 1. The lowest BCUT2D eigenvalue weighted by molar-refractivity contribution is -0.286. The van der Waals surface area contributed by atoms with Crippen molar-refractivity contribution in [2.45, 2.75) is 87.1 Å². The molecule has 3 heterocycles. The van der Waals surface area contributed by atoms with Crippen molar-refractivity contribution in [1.82, 2.24) is 9.62 Å². The molecule has 0 spiro atoms. The summed E-state index contributed by atoms with van der Waals surface area (Å²) in [6.45, 7) is 0. The molecule has 176 valence electrons. The molecular weight excluding hydrogens is 444 g/mol. The molecule has 3 aliphatic heterocycles. The van der Waals surface area contributed by atoms with E-state index in [1.165, 1.54) is 18.2 Å². The molecule has 2 saturated heterocycles. The van der Waals surface area contributed by atoms with Gasteiger partial charge < -0.3 is 20.5 Å². The van der Waals surface area contributed by atoms with Gasteiger partial charge in [-0.25, -0.2) is 8.42 Å². The lowest BCUT2D eigenvalue weighted by Gasteiger charge is -2.41. The molecule has 4 aliphatic rings. The molecule has 1 amide bonds. The molecule has 1 aliphatic carbocycles. The first-order valence-electron chi connectivity index (χ1n) is 11.1. The number of fused-ring (bicyclic) bond motifs is 3. The highest BCUT2D eigenvalue weighted by Gasteiger charge is 2.49. The van der Waals surface area contributed by atoms with Gasteiger partial charge in [0.05, 0.1) is 5.25 Å². The van der Waals surface area contributed by atoms with Crippen molar-refractivity contribution in [2.75, 3.05) is 0 Å². The van der Waals surface area contributed by atoms with Gasteiger partial charge in [-0.2, -0.15) is 4.31 Å². The van der Waals surface area contributed by atoms with Gasteiger partial charge in [0.25, 0.3) is 5.91 Å². The quantitative estimate of drug-likeness (QED) is 0.697. The van der Waals surface area contributed by atoms with Crippen LogP contribution in [0.3, 0.4) is 0 Å². The van der Waals surface area contributed by atoms with Crippen LogP contribution in [0.25, 0.3) is 0 Å². The number of amides is 1. The second-order valence-electron chi connectivity index (χ2n) is 9.27. The summed E-state index contributed by atoms with van der Waals surface area (Å²) in [6.07, 6.45) is 1.56. The number of nitrogens with one attached hydrogen (secondary N) is 1. The Kier molecular flexibility index (Phi) is 5.33. The second kappa shape index (κ2) is 7.81. The molecule has 8 nitrogen and oxygen atoms in total. The van der Waals surface area contributed by atoms with E-state index in [2.05, 4.69) is 14.8 Å². The Bertz CT molecular complexity index is 999. The number of alkyl halides is 2. The monoisotopic (exact) mass is 471 g/mol. The SMILES string of the molecule is N[C@H]1CC[C@H](S(=O)(=O)N2[C@@H]3CC[C@H]2C[C@@H](NC(=O)c2ccc4c(c2)OC(F)(F)O4)C3)CC1. The van der Waals surface area contributed by atoms with Crippen LogP contribution in [0, 0.1) is 0 Å². The van der Waals surface area contributed by atoms with Gasteiger partial charge in [0.15, 0.2) is 11.5 Å². The van der Waals surface area contributed by atoms with Crippen molar-refractivity contribution in [3.8, 4) is 11.5 Å². The van der Waals surface area contributed by atoms with Crippen LogP contribution in [0.4, 0.5) is 8.78 Å². The van der Waals surface area contributed by atoms with Crippen LogP contribution >= 0.6 is 0 Å². The van der Waals surface area contributed by atoms with E-state index in [9.17, 15) is 22.0 Å². The fourth-order valence-corrected chi connectivity index (χ4v) is 8.01. The minimum absolute atomic E-state index is 0.0847. The Balaban J connectivity index is 1.24. The van der Waals surface area contributed by atoms with Crippen LogP contribution in [-0.4, -0.2) is 54.3 Å². The van der Waals surface area contributed by atoms with E-state index < -0.39 is 22.2 Å². The van der Waals surface area contributed by atoms with Crippen molar-refractivity contribution in [1.29, 1.82) is 0 Å². The van der Waals surface area contributed by atoms with Crippen LogP contribution in [0.2, 0.25) is 0 Å². The number of piperidine rings is 1. The van der Waals surface area contributed by atoms with Gasteiger partial charge in [-0.15, -0.1) is 8.78 Å².